The number of aryl methyl sites for hydroxylation is 1. The molecule has 1 unspecified atom stereocenters. The van der Waals surface area contributed by atoms with E-state index in [1.165, 1.54) is 0 Å². The van der Waals surface area contributed by atoms with Gasteiger partial charge in [0.25, 0.3) is 0 Å². The minimum atomic E-state index is -1.02. The molecular formula is C11H11ClN2O3. The standard InChI is InChI=1S/C11H11ClN2O3/c1-5-2-7-8(3-6(5)12)14-11(17)9(13-7)4-10(15)16/h2-3,9,13H,4H2,1H3,(H,14,17)(H,15,16). The Balaban J connectivity index is 2.31. The van der Waals surface area contributed by atoms with E-state index >= 15 is 0 Å². The molecule has 6 heteroatoms. The van der Waals surface area contributed by atoms with Crippen LogP contribution in [0.3, 0.4) is 0 Å². The third kappa shape index (κ3) is 2.34. The predicted octanol–water partition coefficient (Wildman–Crippen LogP) is 1.86. The molecule has 0 saturated carbocycles. The minimum absolute atomic E-state index is 0.257. The van der Waals surface area contributed by atoms with E-state index in [1.54, 1.807) is 12.1 Å². The second kappa shape index (κ2) is 4.25. The summed E-state index contributed by atoms with van der Waals surface area (Å²) in [6.45, 7) is 1.84. The minimum Gasteiger partial charge on any atom is -0.481 e. The number of aliphatic carboxylic acids is 1. The Hall–Kier alpha value is -1.75. The Kier molecular flexibility index (Phi) is 2.93. The molecule has 17 heavy (non-hydrogen) atoms. The summed E-state index contributed by atoms with van der Waals surface area (Å²) in [6, 6.07) is 2.68. The molecule has 5 nitrogen and oxygen atoms in total. The smallest absolute Gasteiger partial charge is 0.305 e. The first kappa shape index (κ1) is 11.7. The molecule has 0 saturated heterocycles. The normalized spacial score (nSPS) is 18.0. The highest BCUT2D eigenvalue weighted by Crippen LogP contribution is 2.32. The van der Waals surface area contributed by atoms with Gasteiger partial charge in [-0.3, -0.25) is 9.59 Å². The van der Waals surface area contributed by atoms with Crippen molar-refractivity contribution < 1.29 is 14.7 Å². The van der Waals surface area contributed by atoms with Gasteiger partial charge in [0.15, 0.2) is 0 Å². The topological polar surface area (TPSA) is 78.4 Å². The van der Waals surface area contributed by atoms with Crippen molar-refractivity contribution in [2.24, 2.45) is 0 Å². The SMILES string of the molecule is Cc1cc2c(cc1Cl)NC(=O)C(CC(=O)O)N2. The summed E-state index contributed by atoms with van der Waals surface area (Å²) < 4.78 is 0. The van der Waals surface area contributed by atoms with Gasteiger partial charge in [0.1, 0.15) is 6.04 Å². The number of carboxylic acids is 1. The zero-order chi connectivity index (χ0) is 12.6. The fourth-order valence-electron chi connectivity index (χ4n) is 1.70. The highest BCUT2D eigenvalue weighted by Gasteiger charge is 2.27. The highest BCUT2D eigenvalue weighted by molar-refractivity contribution is 6.32. The number of nitrogens with one attached hydrogen (secondary N) is 2. The molecule has 1 amide bonds. The van der Waals surface area contributed by atoms with Crippen LogP contribution in [-0.4, -0.2) is 23.0 Å². The lowest BCUT2D eigenvalue weighted by atomic mass is 10.1. The van der Waals surface area contributed by atoms with Crippen LogP contribution < -0.4 is 10.6 Å². The summed E-state index contributed by atoms with van der Waals surface area (Å²) in [5.41, 5.74) is 2.13. The lowest BCUT2D eigenvalue weighted by Crippen LogP contribution is -2.40. The molecule has 0 radical (unpaired) electrons. The number of carboxylic acid groups (broad SMARTS) is 1. The van der Waals surface area contributed by atoms with Crippen molar-refractivity contribution >= 4 is 34.9 Å². The molecule has 2 rings (SSSR count). The van der Waals surface area contributed by atoms with E-state index in [1.807, 2.05) is 6.92 Å². The maximum atomic E-state index is 11.6. The number of anilines is 2. The fraction of sp³-hybridized carbons (Fsp3) is 0.273. The highest BCUT2D eigenvalue weighted by atomic mass is 35.5. The van der Waals surface area contributed by atoms with E-state index in [9.17, 15) is 9.59 Å². The maximum Gasteiger partial charge on any atom is 0.305 e. The Morgan fingerprint density at radius 2 is 2.18 bits per heavy atom. The van der Waals surface area contributed by atoms with Gasteiger partial charge in [-0.05, 0) is 24.6 Å². The number of fused-ring (bicyclic) bond motifs is 1. The molecule has 1 heterocycles. The number of halogens is 1. The first-order valence-electron chi connectivity index (χ1n) is 5.06. The summed E-state index contributed by atoms with van der Waals surface area (Å²) in [5, 5.41) is 14.8. The molecule has 0 bridgehead atoms. The van der Waals surface area contributed by atoms with E-state index in [2.05, 4.69) is 10.6 Å². The van der Waals surface area contributed by atoms with Gasteiger partial charge in [-0.15, -0.1) is 0 Å². The molecule has 0 spiro atoms. The molecule has 3 N–H and O–H groups in total. The number of hydrogen-bond acceptors (Lipinski definition) is 3. The number of carbonyl (C=O) groups excluding carboxylic acids is 1. The van der Waals surface area contributed by atoms with Crippen LogP contribution in [0.5, 0.6) is 0 Å². The molecule has 0 aromatic heterocycles. The van der Waals surface area contributed by atoms with Gasteiger partial charge >= 0.3 is 5.97 Å². The predicted molar refractivity (Wildman–Crippen MR) is 64.5 cm³/mol. The van der Waals surface area contributed by atoms with Crippen molar-refractivity contribution in [3.63, 3.8) is 0 Å². The summed E-state index contributed by atoms with van der Waals surface area (Å²) in [6.07, 6.45) is -0.257. The second-order valence-corrected chi connectivity index (χ2v) is 4.34. The van der Waals surface area contributed by atoms with Crippen molar-refractivity contribution in [2.45, 2.75) is 19.4 Å². The largest absolute Gasteiger partial charge is 0.481 e. The van der Waals surface area contributed by atoms with Crippen LogP contribution >= 0.6 is 11.6 Å². The van der Waals surface area contributed by atoms with Gasteiger partial charge in [0.2, 0.25) is 5.91 Å². The number of rotatable bonds is 2. The van der Waals surface area contributed by atoms with Gasteiger partial charge < -0.3 is 15.7 Å². The van der Waals surface area contributed by atoms with Crippen molar-refractivity contribution in [2.75, 3.05) is 10.6 Å². The van der Waals surface area contributed by atoms with Gasteiger partial charge in [-0.25, -0.2) is 0 Å². The molecule has 1 atom stereocenters. The lowest BCUT2D eigenvalue weighted by Gasteiger charge is -2.26. The van der Waals surface area contributed by atoms with E-state index < -0.39 is 12.0 Å². The van der Waals surface area contributed by atoms with Crippen LogP contribution in [0.1, 0.15) is 12.0 Å². The molecule has 1 aromatic carbocycles. The number of benzene rings is 1. The van der Waals surface area contributed by atoms with Crippen LogP contribution in [0, 0.1) is 6.92 Å². The average Bonchev–Trinajstić information content (AvgIpc) is 2.22. The van der Waals surface area contributed by atoms with Gasteiger partial charge in [-0.1, -0.05) is 11.6 Å². The molecule has 1 aromatic rings. The average molecular weight is 255 g/mol. The van der Waals surface area contributed by atoms with E-state index in [4.69, 9.17) is 16.7 Å². The summed E-state index contributed by atoms with van der Waals surface area (Å²) in [7, 11) is 0. The first-order chi connectivity index (χ1) is 7.97. The number of amides is 1. The van der Waals surface area contributed by atoms with Crippen LogP contribution in [0.25, 0.3) is 0 Å². The molecule has 1 aliphatic heterocycles. The third-order valence-corrected chi connectivity index (χ3v) is 2.99. The zero-order valence-corrected chi connectivity index (χ0v) is 9.84. The quantitative estimate of drug-likeness (QED) is 0.753. The Bertz CT molecular complexity index is 502. The van der Waals surface area contributed by atoms with Crippen molar-refractivity contribution in [3.8, 4) is 0 Å². The summed E-state index contributed by atoms with van der Waals surface area (Å²) in [5.74, 6) is -1.38. The summed E-state index contributed by atoms with van der Waals surface area (Å²) in [4.78, 5) is 22.2. The molecule has 90 valence electrons. The second-order valence-electron chi connectivity index (χ2n) is 3.93. The van der Waals surface area contributed by atoms with Crippen LogP contribution in [0.2, 0.25) is 5.02 Å². The van der Waals surface area contributed by atoms with Crippen LogP contribution in [0.4, 0.5) is 11.4 Å². The van der Waals surface area contributed by atoms with Crippen molar-refractivity contribution in [1.29, 1.82) is 0 Å². The third-order valence-electron chi connectivity index (χ3n) is 2.58. The Morgan fingerprint density at radius 1 is 1.47 bits per heavy atom. The monoisotopic (exact) mass is 254 g/mol. The van der Waals surface area contributed by atoms with E-state index in [0.29, 0.717) is 16.4 Å². The number of carbonyl (C=O) groups is 2. The fourth-order valence-corrected chi connectivity index (χ4v) is 1.86. The molecule has 0 fully saturated rings. The zero-order valence-electron chi connectivity index (χ0n) is 9.08. The summed E-state index contributed by atoms with van der Waals surface area (Å²) >= 11 is 5.94. The van der Waals surface area contributed by atoms with E-state index in [-0.39, 0.29) is 12.3 Å². The molecule has 0 aliphatic carbocycles. The number of hydrogen-bond donors (Lipinski definition) is 3. The van der Waals surface area contributed by atoms with Crippen LogP contribution in [0.15, 0.2) is 12.1 Å². The van der Waals surface area contributed by atoms with Gasteiger partial charge in [0.05, 0.1) is 17.8 Å². The Morgan fingerprint density at radius 3 is 2.82 bits per heavy atom. The van der Waals surface area contributed by atoms with Crippen molar-refractivity contribution in [3.05, 3.63) is 22.7 Å². The van der Waals surface area contributed by atoms with E-state index in [0.717, 1.165) is 5.56 Å². The first-order valence-corrected chi connectivity index (χ1v) is 5.44. The lowest BCUT2D eigenvalue weighted by molar-refractivity contribution is -0.138. The van der Waals surface area contributed by atoms with Gasteiger partial charge in [0, 0.05) is 5.02 Å². The maximum absolute atomic E-state index is 11.6. The molecular weight excluding hydrogens is 244 g/mol. The Labute approximate surface area is 103 Å². The van der Waals surface area contributed by atoms with Crippen LogP contribution in [-0.2, 0) is 9.59 Å². The van der Waals surface area contributed by atoms with Gasteiger partial charge in [-0.2, -0.15) is 0 Å². The van der Waals surface area contributed by atoms with Crippen molar-refractivity contribution in [1.82, 2.24) is 0 Å². The molecule has 1 aliphatic rings.